The molecule has 116 valence electrons. The average Bonchev–Trinajstić information content (AvgIpc) is 2.45. The summed E-state index contributed by atoms with van der Waals surface area (Å²) in [6.07, 6.45) is -3.67. The van der Waals surface area contributed by atoms with Crippen molar-refractivity contribution in [3.05, 3.63) is 52.4 Å². The van der Waals surface area contributed by atoms with Gasteiger partial charge in [-0.05, 0) is 23.8 Å². The molecule has 0 fully saturated rings. The molecule has 5 nitrogen and oxygen atoms in total. The largest absolute Gasteiger partial charge is 0.573 e. The summed E-state index contributed by atoms with van der Waals surface area (Å²) in [5, 5.41) is 0. The molecule has 1 heterocycles. The number of methoxy groups -OCH3 is 1. The van der Waals surface area contributed by atoms with Gasteiger partial charge in [0.15, 0.2) is 0 Å². The maximum atomic E-state index is 12.2. The van der Waals surface area contributed by atoms with Crippen molar-refractivity contribution in [3.63, 3.8) is 0 Å². The molecule has 1 aromatic carbocycles. The Hall–Kier alpha value is -2.77. The molecule has 2 aromatic rings. The highest BCUT2D eigenvalue weighted by Gasteiger charge is 2.31. The number of rotatable bonds is 3. The minimum atomic E-state index is -4.83. The second kappa shape index (κ2) is 5.92. The van der Waals surface area contributed by atoms with Gasteiger partial charge in [-0.25, -0.2) is 4.79 Å². The molecule has 1 aromatic heterocycles. The Bertz CT molecular complexity index is 752. The summed E-state index contributed by atoms with van der Waals surface area (Å²) in [6.45, 7) is 0. The minimum Gasteiger partial charge on any atom is -0.465 e. The van der Waals surface area contributed by atoms with E-state index in [0.29, 0.717) is 0 Å². The van der Waals surface area contributed by atoms with E-state index in [4.69, 9.17) is 0 Å². The van der Waals surface area contributed by atoms with Crippen LogP contribution in [0.2, 0.25) is 0 Å². The van der Waals surface area contributed by atoms with Gasteiger partial charge < -0.3 is 14.5 Å². The van der Waals surface area contributed by atoms with Crippen LogP contribution >= 0.6 is 0 Å². The van der Waals surface area contributed by atoms with E-state index in [1.54, 1.807) is 0 Å². The van der Waals surface area contributed by atoms with Crippen LogP contribution < -0.4 is 10.3 Å². The highest BCUT2D eigenvalue weighted by Crippen LogP contribution is 2.26. The third-order valence-electron chi connectivity index (χ3n) is 2.70. The number of H-pyrrole nitrogens is 1. The van der Waals surface area contributed by atoms with Gasteiger partial charge in [0.2, 0.25) is 0 Å². The number of carbonyl (C=O) groups excluding carboxylic acids is 1. The Morgan fingerprint density at radius 3 is 2.59 bits per heavy atom. The van der Waals surface area contributed by atoms with Crippen molar-refractivity contribution >= 4 is 5.97 Å². The van der Waals surface area contributed by atoms with Crippen LogP contribution in [0.5, 0.6) is 5.75 Å². The van der Waals surface area contributed by atoms with Crippen molar-refractivity contribution in [2.45, 2.75) is 6.36 Å². The molecule has 0 radical (unpaired) electrons. The van der Waals surface area contributed by atoms with Gasteiger partial charge in [-0.2, -0.15) is 0 Å². The number of hydrogen-bond acceptors (Lipinski definition) is 4. The molecule has 0 saturated carbocycles. The van der Waals surface area contributed by atoms with Crippen LogP contribution in [-0.2, 0) is 4.74 Å². The molecule has 0 atom stereocenters. The first-order chi connectivity index (χ1) is 10.3. The standard InChI is InChI=1S/C14H10F3NO4/c1-21-13(20)9-6-11(12(19)18-7-9)8-3-2-4-10(5-8)22-14(15,16)17/h2-7H,1H3,(H,18,19). The first-order valence-corrected chi connectivity index (χ1v) is 5.97. The number of benzene rings is 1. The molecule has 22 heavy (non-hydrogen) atoms. The fraction of sp³-hybridized carbons (Fsp3) is 0.143. The predicted molar refractivity (Wildman–Crippen MR) is 70.5 cm³/mol. The van der Waals surface area contributed by atoms with Gasteiger partial charge >= 0.3 is 12.3 Å². The quantitative estimate of drug-likeness (QED) is 0.885. The normalized spacial score (nSPS) is 11.1. The SMILES string of the molecule is COC(=O)c1c[nH]c(=O)c(-c2cccc(OC(F)(F)F)c2)c1. The number of esters is 1. The number of hydrogen-bond donors (Lipinski definition) is 1. The summed E-state index contributed by atoms with van der Waals surface area (Å²) in [7, 11) is 1.17. The summed E-state index contributed by atoms with van der Waals surface area (Å²) in [5.41, 5.74) is -0.291. The molecule has 0 saturated heterocycles. The van der Waals surface area contributed by atoms with Crippen LogP contribution in [0.4, 0.5) is 13.2 Å². The lowest BCUT2D eigenvalue weighted by molar-refractivity contribution is -0.274. The van der Waals surface area contributed by atoms with Crippen molar-refractivity contribution in [1.82, 2.24) is 4.98 Å². The summed E-state index contributed by atoms with van der Waals surface area (Å²) in [5.74, 6) is -1.15. The number of nitrogens with one attached hydrogen (secondary N) is 1. The monoisotopic (exact) mass is 313 g/mol. The predicted octanol–water partition coefficient (Wildman–Crippen LogP) is 2.73. The highest BCUT2D eigenvalue weighted by molar-refractivity contribution is 5.90. The van der Waals surface area contributed by atoms with Crippen LogP contribution in [0.15, 0.2) is 41.3 Å². The molecule has 2 rings (SSSR count). The lowest BCUT2D eigenvalue weighted by Crippen LogP contribution is -2.17. The van der Waals surface area contributed by atoms with E-state index in [-0.39, 0.29) is 16.7 Å². The van der Waals surface area contributed by atoms with Crippen LogP contribution in [-0.4, -0.2) is 24.4 Å². The van der Waals surface area contributed by atoms with Crippen molar-refractivity contribution in [2.75, 3.05) is 7.11 Å². The van der Waals surface area contributed by atoms with E-state index < -0.39 is 23.6 Å². The minimum absolute atomic E-state index is 0.0236. The van der Waals surface area contributed by atoms with E-state index in [1.165, 1.54) is 25.3 Å². The number of pyridine rings is 1. The van der Waals surface area contributed by atoms with Crippen molar-refractivity contribution in [1.29, 1.82) is 0 Å². The van der Waals surface area contributed by atoms with E-state index in [0.717, 1.165) is 18.3 Å². The number of halogens is 3. The summed E-state index contributed by atoms with van der Waals surface area (Å²) in [6, 6.07) is 6.13. The molecule has 0 amide bonds. The van der Waals surface area contributed by atoms with Crippen molar-refractivity contribution < 1.29 is 27.4 Å². The number of carbonyl (C=O) groups is 1. The zero-order chi connectivity index (χ0) is 16.3. The summed E-state index contributed by atoms with van der Waals surface area (Å²) >= 11 is 0. The molecular weight excluding hydrogens is 303 g/mol. The second-order valence-electron chi connectivity index (χ2n) is 4.20. The first-order valence-electron chi connectivity index (χ1n) is 5.97. The summed E-state index contributed by atoms with van der Waals surface area (Å²) in [4.78, 5) is 25.6. The third kappa shape index (κ3) is 3.66. The van der Waals surface area contributed by atoms with E-state index >= 15 is 0 Å². The van der Waals surface area contributed by atoms with Crippen LogP contribution in [0.3, 0.4) is 0 Å². The number of alkyl halides is 3. The van der Waals surface area contributed by atoms with Gasteiger partial charge in [0.05, 0.1) is 12.7 Å². The molecule has 0 spiro atoms. The Morgan fingerprint density at radius 1 is 1.23 bits per heavy atom. The van der Waals surface area contributed by atoms with Gasteiger partial charge in [-0.15, -0.1) is 13.2 Å². The maximum Gasteiger partial charge on any atom is 0.573 e. The van der Waals surface area contributed by atoms with Crippen molar-refractivity contribution in [3.8, 4) is 16.9 Å². The maximum absolute atomic E-state index is 12.2. The number of ether oxygens (including phenoxy) is 2. The van der Waals surface area contributed by atoms with Gasteiger partial charge in [-0.3, -0.25) is 4.79 Å². The zero-order valence-corrected chi connectivity index (χ0v) is 11.2. The van der Waals surface area contributed by atoms with Gasteiger partial charge in [0, 0.05) is 11.8 Å². The molecule has 0 bridgehead atoms. The molecular formula is C14H10F3NO4. The Balaban J connectivity index is 2.45. The van der Waals surface area contributed by atoms with Crippen molar-refractivity contribution in [2.24, 2.45) is 0 Å². The van der Waals surface area contributed by atoms with Gasteiger partial charge in [0.25, 0.3) is 5.56 Å². The third-order valence-corrected chi connectivity index (χ3v) is 2.70. The van der Waals surface area contributed by atoms with E-state index in [2.05, 4.69) is 14.5 Å². The van der Waals surface area contributed by atoms with Crippen LogP contribution in [0, 0.1) is 0 Å². The smallest absolute Gasteiger partial charge is 0.465 e. The van der Waals surface area contributed by atoms with E-state index in [1.807, 2.05) is 0 Å². The molecule has 0 aliphatic heterocycles. The first kappa shape index (κ1) is 15.6. The highest BCUT2D eigenvalue weighted by atomic mass is 19.4. The Labute approximate surface area is 122 Å². The van der Waals surface area contributed by atoms with Gasteiger partial charge in [0.1, 0.15) is 5.75 Å². The average molecular weight is 313 g/mol. The Kier molecular flexibility index (Phi) is 4.20. The Morgan fingerprint density at radius 2 is 1.95 bits per heavy atom. The zero-order valence-electron chi connectivity index (χ0n) is 11.2. The van der Waals surface area contributed by atoms with Crippen LogP contribution in [0.25, 0.3) is 11.1 Å². The molecule has 8 heteroatoms. The fourth-order valence-corrected chi connectivity index (χ4v) is 1.79. The molecule has 0 unspecified atom stereocenters. The van der Waals surface area contributed by atoms with Crippen LogP contribution in [0.1, 0.15) is 10.4 Å². The topological polar surface area (TPSA) is 68.4 Å². The lowest BCUT2D eigenvalue weighted by Gasteiger charge is -2.10. The molecule has 0 aliphatic rings. The lowest BCUT2D eigenvalue weighted by atomic mass is 10.1. The molecule has 0 aliphatic carbocycles. The van der Waals surface area contributed by atoms with E-state index in [9.17, 15) is 22.8 Å². The number of aromatic nitrogens is 1. The second-order valence-corrected chi connectivity index (χ2v) is 4.20. The number of aromatic amines is 1. The summed E-state index contributed by atoms with van der Waals surface area (Å²) < 4.78 is 45.0. The molecule has 1 N–H and O–H groups in total. The van der Waals surface area contributed by atoms with Gasteiger partial charge in [-0.1, -0.05) is 12.1 Å². The fourth-order valence-electron chi connectivity index (χ4n) is 1.79.